The minimum absolute atomic E-state index is 0.145. The number of ether oxygens (including phenoxy) is 1. The van der Waals surface area contributed by atoms with Crippen LogP contribution in [0.5, 0.6) is 0 Å². The van der Waals surface area contributed by atoms with Crippen LogP contribution in [0, 0.1) is 5.41 Å². The van der Waals surface area contributed by atoms with Crippen LogP contribution in [0.15, 0.2) is 42.5 Å². The maximum Gasteiger partial charge on any atom is 0.237 e. The Morgan fingerprint density at radius 1 is 1.16 bits per heavy atom. The highest BCUT2D eigenvalue weighted by atomic mass is 16.5. The number of allylic oxidation sites excluding steroid dienone is 1. The van der Waals surface area contributed by atoms with Gasteiger partial charge in [0.1, 0.15) is 0 Å². The number of hydrogen-bond donors (Lipinski definition) is 0. The average molecular weight is 428 g/mol. The van der Waals surface area contributed by atoms with Gasteiger partial charge >= 0.3 is 0 Å². The molecule has 0 atom stereocenters. The lowest BCUT2D eigenvalue weighted by Crippen LogP contribution is -2.52. The number of rotatable bonds is 8. The first-order chi connectivity index (χ1) is 14.9. The van der Waals surface area contributed by atoms with E-state index in [1.54, 1.807) is 7.11 Å². The quantitative estimate of drug-likeness (QED) is 0.599. The molecule has 2 amide bonds. The zero-order valence-electron chi connectivity index (χ0n) is 19.3. The Bertz CT molecular complexity index is 755. The van der Waals surface area contributed by atoms with Gasteiger partial charge in [-0.05, 0) is 51.8 Å². The van der Waals surface area contributed by atoms with Crippen molar-refractivity contribution in [2.45, 2.75) is 45.7 Å². The van der Waals surface area contributed by atoms with Gasteiger partial charge in [0.2, 0.25) is 11.8 Å². The third-order valence-electron chi connectivity index (χ3n) is 6.62. The van der Waals surface area contributed by atoms with Crippen molar-refractivity contribution in [3.8, 4) is 0 Å². The fraction of sp³-hybridized carbons (Fsp3) is 0.600. The number of benzene rings is 1. The van der Waals surface area contributed by atoms with E-state index in [4.69, 9.17) is 4.74 Å². The topological polar surface area (TPSA) is 53.1 Å². The molecule has 2 aliphatic rings. The Balaban J connectivity index is 1.58. The molecule has 0 N–H and O–H groups in total. The highest BCUT2D eigenvalue weighted by Crippen LogP contribution is 2.38. The largest absolute Gasteiger partial charge is 0.383 e. The molecule has 1 fully saturated rings. The molecule has 31 heavy (non-hydrogen) atoms. The Hall–Kier alpha value is -2.18. The first-order valence-corrected chi connectivity index (χ1v) is 11.4. The van der Waals surface area contributed by atoms with Crippen LogP contribution >= 0.6 is 0 Å². The van der Waals surface area contributed by atoms with Gasteiger partial charge in [-0.1, -0.05) is 42.5 Å². The molecule has 1 spiro atoms. The van der Waals surface area contributed by atoms with Crippen molar-refractivity contribution >= 4 is 11.8 Å². The van der Waals surface area contributed by atoms with Crippen molar-refractivity contribution in [1.82, 2.24) is 14.7 Å². The van der Waals surface area contributed by atoms with Crippen molar-refractivity contribution in [1.29, 1.82) is 0 Å². The van der Waals surface area contributed by atoms with E-state index in [0.717, 1.165) is 37.9 Å². The van der Waals surface area contributed by atoms with Crippen LogP contribution < -0.4 is 0 Å². The van der Waals surface area contributed by atoms with E-state index >= 15 is 0 Å². The molecular formula is C25H37N3O3. The second-order valence-corrected chi connectivity index (χ2v) is 9.08. The number of methoxy groups -OCH3 is 1. The molecule has 1 aromatic rings. The number of carbonyl (C=O) groups is 2. The van der Waals surface area contributed by atoms with Gasteiger partial charge in [0.25, 0.3) is 0 Å². The summed E-state index contributed by atoms with van der Waals surface area (Å²) in [7, 11) is 1.67. The molecule has 6 heteroatoms. The molecule has 0 aliphatic carbocycles. The lowest BCUT2D eigenvalue weighted by molar-refractivity contribution is -0.145. The SMILES string of the molecule is COCCN1CC=CCC2(CCN(CC(=O)N(Cc3ccccc3)C(C)C)CC2)C1=O. The Labute approximate surface area is 186 Å². The smallest absolute Gasteiger partial charge is 0.237 e. The number of nitrogens with zero attached hydrogens (tertiary/aromatic N) is 3. The molecule has 3 rings (SSSR count). The lowest BCUT2D eigenvalue weighted by atomic mass is 9.74. The molecule has 2 aliphatic heterocycles. The molecule has 1 aromatic carbocycles. The summed E-state index contributed by atoms with van der Waals surface area (Å²) in [5.41, 5.74) is 0.816. The molecular weight excluding hydrogens is 390 g/mol. The normalized spacial score (nSPS) is 19.1. The molecule has 0 bridgehead atoms. The van der Waals surface area contributed by atoms with E-state index in [-0.39, 0.29) is 23.3 Å². The number of amides is 2. The second-order valence-electron chi connectivity index (χ2n) is 9.08. The van der Waals surface area contributed by atoms with Gasteiger partial charge in [-0.3, -0.25) is 14.5 Å². The Morgan fingerprint density at radius 2 is 1.87 bits per heavy atom. The second kappa shape index (κ2) is 10.9. The molecule has 0 radical (unpaired) electrons. The Kier molecular flexibility index (Phi) is 8.27. The molecule has 0 unspecified atom stereocenters. The minimum Gasteiger partial charge on any atom is -0.383 e. The van der Waals surface area contributed by atoms with Gasteiger partial charge in [0, 0.05) is 32.8 Å². The summed E-state index contributed by atoms with van der Waals surface area (Å²) < 4.78 is 5.19. The number of carbonyl (C=O) groups excluding carboxylic acids is 2. The molecule has 0 aromatic heterocycles. The molecule has 1 saturated heterocycles. The van der Waals surface area contributed by atoms with Crippen LogP contribution in [0.2, 0.25) is 0 Å². The highest BCUT2D eigenvalue weighted by Gasteiger charge is 2.43. The maximum absolute atomic E-state index is 13.3. The predicted molar refractivity (Wildman–Crippen MR) is 122 cm³/mol. The van der Waals surface area contributed by atoms with Crippen LogP contribution in [0.3, 0.4) is 0 Å². The van der Waals surface area contributed by atoms with Crippen molar-refractivity contribution in [3.63, 3.8) is 0 Å². The monoisotopic (exact) mass is 427 g/mol. The van der Waals surface area contributed by atoms with E-state index < -0.39 is 0 Å². The van der Waals surface area contributed by atoms with Gasteiger partial charge < -0.3 is 14.5 Å². The third-order valence-corrected chi connectivity index (χ3v) is 6.62. The van der Waals surface area contributed by atoms with Crippen LogP contribution in [0.1, 0.15) is 38.7 Å². The van der Waals surface area contributed by atoms with E-state index in [0.29, 0.717) is 32.8 Å². The van der Waals surface area contributed by atoms with Gasteiger partial charge in [-0.25, -0.2) is 0 Å². The summed E-state index contributed by atoms with van der Waals surface area (Å²) in [4.78, 5) is 32.5. The fourth-order valence-corrected chi connectivity index (χ4v) is 4.59. The summed E-state index contributed by atoms with van der Waals surface area (Å²) in [6, 6.07) is 10.3. The number of piperidine rings is 1. The zero-order chi connectivity index (χ0) is 22.3. The minimum atomic E-state index is -0.331. The summed E-state index contributed by atoms with van der Waals surface area (Å²) in [5.74, 6) is 0.400. The third kappa shape index (κ3) is 5.95. The van der Waals surface area contributed by atoms with Crippen LogP contribution in [0.25, 0.3) is 0 Å². The van der Waals surface area contributed by atoms with Gasteiger partial charge in [-0.15, -0.1) is 0 Å². The predicted octanol–water partition coefficient (Wildman–Crippen LogP) is 2.94. The summed E-state index contributed by atoms with van der Waals surface area (Å²) in [6.45, 7) is 8.59. The van der Waals surface area contributed by atoms with Crippen molar-refractivity contribution in [2.75, 3.05) is 46.4 Å². The van der Waals surface area contributed by atoms with E-state index in [1.165, 1.54) is 0 Å². The van der Waals surface area contributed by atoms with Crippen molar-refractivity contribution < 1.29 is 14.3 Å². The van der Waals surface area contributed by atoms with Crippen LogP contribution in [-0.2, 0) is 20.9 Å². The van der Waals surface area contributed by atoms with Crippen LogP contribution in [-0.4, -0.2) is 79.0 Å². The maximum atomic E-state index is 13.3. The number of likely N-dealkylation sites (tertiary alicyclic amines) is 1. The summed E-state index contributed by atoms with van der Waals surface area (Å²) >= 11 is 0. The molecule has 0 saturated carbocycles. The lowest BCUT2D eigenvalue weighted by Gasteiger charge is -2.42. The fourth-order valence-electron chi connectivity index (χ4n) is 4.59. The molecule has 2 heterocycles. The first kappa shape index (κ1) is 23.5. The van der Waals surface area contributed by atoms with Crippen LogP contribution in [0.4, 0.5) is 0 Å². The standard InChI is InChI=1S/C25H37N3O3/c1-21(2)28(19-22-9-5-4-6-10-22)23(29)20-26-15-12-25(13-16-26)11-7-8-14-27(24(25)30)17-18-31-3/h4-10,21H,11-20H2,1-3H3. The van der Waals surface area contributed by atoms with Gasteiger partial charge in [-0.2, -0.15) is 0 Å². The van der Waals surface area contributed by atoms with Crippen molar-refractivity contribution in [3.05, 3.63) is 48.0 Å². The summed E-state index contributed by atoms with van der Waals surface area (Å²) in [6.07, 6.45) is 6.65. The van der Waals surface area contributed by atoms with E-state index in [9.17, 15) is 9.59 Å². The van der Waals surface area contributed by atoms with Gasteiger partial charge in [0.05, 0.1) is 18.6 Å². The van der Waals surface area contributed by atoms with E-state index in [1.807, 2.05) is 28.0 Å². The van der Waals surface area contributed by atoms with Gasteiger partial charge in [0.15, 0.2) is 0 Å². The zero-order valence-corrected chi connectivity index (χ0v) is 19.3. The Morgan fingerprint density at radius 3 is 2.52 bits per heavy atom. The summed E-state index contributed by atoms with van der Waals surface area (Å²) in [5, 5.41) is 0. The van der Waals surface area contributed by atoms with Crippen molar-refractivity contribution in [2.24, 2.45) is 5.41 Å². The number of hydrogen-bond acceptors (Lipinski definition) is 4. The average Bonchev–Trinajstić information content (AvgIpc) is 2.92. The molecule has 6 nitrogen and oxygen atoms in total. The molecule has 170 valence electrons. The highest BCUT2D eigenvalue weighted by molar-refractivity contribution is 5.84. The van der Waals surface area contributed by atoms with E-state index in [2.05, 4.69) is 43.0 Å². The first-order valence-electron chi connectivity index (χ1n) is 11.4.